The van der Waals surface area contributed by atoms with E-state index < -0.39 is 21.9 Å². The monoisotopic (exact) mass is 408 g/mol. The van der Waals surface area contributed by atoms with Crippen molar-refractivity contribution in [2.45, 2.75) is 15.5 Å². The Labute approximate surface area is 157 Å². The van der Waals surface area contributed by atoms with Gasteiger partial charge in [0.15, 0.2) is 4.21 Å². The normalized spacial score (nSPS) is 11.3. The zero-order valence-corrected chi connectivity index (χ0v) is 15.3. The van der Waals surface area contributed by atoms with Crippen molar-refractivity contribution in [3.05, 3.63) is 53.8 Å². The first kappa shape index (κ1) is 18.9. The van der Waals surface area contributed by atoms with Crippen LogP contribution in [0.15, 0.2) is 52.0 Å². The van der Waals surface area contributed by atoms with Crippen molar-refractivity contribution in [2.24, 2.45) is 0 Å². The number of hydrogen-bond acceptors (Lipinski definition) is 7. The third kappa shape index (κ3) is 4.09. The fraction of sp³-hybridized carbons (Fsp3) is 0.125. The minimum Gasteiger partial charge on any atom is -0.465 e. The van der Waals surface area contributed by atoms with Gasteiger partial charge >= 0.3 is 6.09 Å². The number of rotatable bonds is 6. The minimum absolute atomic E-state index is 0.0458. The summed E-state index contributed by atoms with van der Waals surface area (Å²) in [6.07, 6.45) is 2.85. The van der Waals surface area contributed by atoms with Gasteiger partial charge in [-0.15, -0.1) is 11.3 Å². The van der Waals surface area contributed by atoms with Gasteiger partial charge in [0.2, 0.25) is 15.8 Å². The van der Waals surface area contributed by atoms with Gasteiger partial charge in [0, 0.05) is 31.6 Å². The number of carbonyl (C=O) groups is 1. The number of nitrogens with one attached hydrogen (secondary N) is 1. The van der Waals surface area contributed by atoms with Gasteiger partial charge in [0.1, 0.15) is 5.69 Å². The molecule has 0 saturated heterocycles. The highest BCUT2D eigenvalue weighted by Gasteiger charge is 2.28. The molecular formula is C16H13FN4O4S2. The van der Waals surface area contributed by atoms with Crippen LogP contribution >= 0.6 is 11.3 Å². The van der Waals surface area contributed by atoms with E-state index in [1.165, 1.54) is 42.9 Å². The van der Waals surface area contributed by atoms with Crippen LogP contribution in [-0.2, 0) is 16.3 Å². The highest BCUT2D eigenvalue weighted by atomic mass is 32.2. The van der Waals surface area contributed by atoms with Crippen molar-refractivity contribution < 1.29 is 22.7 Å². The molecule has 140 valence electrons. The Kier molecular flexibility index (Phi) is 5.42. The van der Waals surface area contributed by atoms with Crippen LogP contribution in [0.3, 0.4) is 0 Å². The van der Waals surface area contributed by atoms with Crippen molar-refractivity contribution in [3.8, 4) is 11.3 Å². The largest absolute Gasteiger partial charge is 0.465 e. The van der Waals surface area contributed by atoms with E-state index in [2.05, 4.69) is 20.3 Å². The van der Waals surface area contributed by atoms with Gasteiger partial charge in [-0.25, -0.2) is 23.2 Å². The Morgan fingerprint density at radius 3 is 2.70 bits per heavy atom. The van der Waals surface area contributed by atoms with Crippen LogP contribution in [0.4, 0.5) is 9.18 Å². The van der Waals surface area contributed by atoms with E-state index in [9.17, 15) is 17.6 Å². The summed E-state index contributed by atoms with van der Waals surface area (Å²) in [5.74, 6) is -0.847. The summed E-state index contributed by atoms with van der Waals surface area (Å²) < 4.78 is 40.0. The second-order valence-corrected chi connectivity index (χ2v) is 8.49. The number of thiazole rings is 1. The molecule has 0 fully saturated rings. The Morgan fingerprint density at radius 2 is 2.04 bits per heavy atom. The molecule has 11 heteroatoms. The van der Waals surface area contributed by atoms with E-state index in [1.54, 1.807) is 0 Å². The lowest BCUT2D eigenvalue weighted by Gasteiger charge is -2.04. The topological polar surface area (TPSA) is 122 Å². The second-order valence-electron chi connectivity index (χ2n) is 5.26. The first-order valence-electron chi connectivity index (χ1n) is 7.62. The molecular weight excluding hydrogens is 395 g/mol. The summed E-state index contributed by atoms with van der Waals surface area (Å²) >= 11 is 0.862. The second kappa shape index (κ2) is 7.76. The standard InChI is InChI=1S/C16H13FN4O4S2/c17-14-11(4-2-7-19-14)13-15(26-12(21-13)5-8-20-16(22)23)27(24,25)10-3-1-6-18-9-10/h1-4,6-7,9,20H,5,8H2,(H,22,23). The van der Waals surface area contributed by atoms with E-state index in [0.29, 0.717) is 5.01 Å². The SMILES string of the molecule is O=C(O)NCCc1nc(-c2cccnc2F)c(S(=O)(=O)c2cccnc2)s1. The van der Waals surface area contributed by atoms with Crippen LogP contribution in [-0.4, -0.2) is 41.1 Å². The summed E-state index contributed by atoms with van der Waals surface area (Å²) in [6.45, 7) is 0.0458. The molecule has 0 bridgehead atoms. The number of amides is 1. The number of hydrogen-bond donors (Lipinski definition) is 2. The lowest BCUT2D eigenvalue weighted by Crippen LogP contribution is -2.23. The molecule has 3 aromatic heterocycles. The molecule has 0 aliphatic rings. The van der Waals surface area contributed by atoms with Crippen molar-refractivity contribution in [2.75, 3.05) is 6.54 Å². The molecule has 3 aromatic rings. The molecule has 8 nitrogen and oxygen atoms in total. The Bertz CT molecular complexity index is 1070. The van der Waals surface area contributed by atoms with E-state index in [4.69, 9.17) is 5.11 Å². The lowest BCUT2D eigenvalue weighted by molar-refractivity contribution is 0.194. The van der Waals surface area contributed by atoms with Crippen molar-refractivity contribution in [1.82, 2.24) is 20.3 Å². The Balaban J connectivity index is 2.10. The van der Waals surface area contributed by atoms with Crippen molar-refractivity contribution >= 4 is 27.3 Å². The van der Waals surface area contributed by atoms with Crippen LogP contribution < -0.4 is 5.32 Å². The molecule has 0 spiro atoms. The molecule has 0 atom stereocenters. The number of sulfone groups is 1. The molecule has 0 aliphatic heterocycles. The van der Waals surface area contributed by atoms with Crippen LogP contribution in [0.2, 0.25) is 0 Å². The number of halogens is 1. The van der Waals surface area contributed by atoms with Gasteiger partial charge in [-0.3, -0.25) is 4.98 Å². The van der Waals surface area contributed by atoms with Gasteiger partial charge in [-0.2, -0.15) is 4.39 Å². The fourth-order valence-electron chi connectivity index (χ4n) is 2.26. The van der Waals surface area contributed by atoms with Gasteiger partial charge in [0.05, 0.1) is 15.5 Å². The quantitative estimate of drug-likeness (QED) is 0.601. The molecule has 0 radical (unpaired) electrons. The summed E-state index contributed by atoms with van der Waals surface area (Å²) in [7, 11) is -3.99. The van der Waals surface area contributed by atoms with Crippen molar-refractivity contribution in [3.63, 3.8) is 0 Å². The minimum atomic E-state index is -3.99. The fourth-order valence-corrected chi connectivity index (χ4v) is 5.16. The van der Waals surface area contributed by atoms with Crippen molar-refractivity contribution in [1.29, 1.82) is 0 Å². The van der Waals surface area contributed by atoms with Crippen LogP contribution in [0, 0.1) is 5.95 Å². The maximum Gasteiger partial charge on any atom is 0.404 e. The van der Waals surface area contributed by atoms with Gasteiger partial charge in [0.25, 0.3) is 0 Å². The molecule has 27 heavy (non-hydrogen) atoms. The molecule has 3 heterocycles. The summed E-state index contributed by atoms with van der Waals surface area (Å²) in [5.41, 5.74) is -0.103. The van der Waals surface area contributed by atoms with Crippen LogP contribution in [0.5, 0.6) is 0 Å². The van der Waals surface area contributed by atoms with E-state index >= 15 is 0 Å². The molecule has 1 amide bonds. The molecule has 3 rings (SSSR count). The number of nitrogens with zero attached hydrogens (tertiary/aromatic N) is 3. The molecule has 2 N–H and O–H groups in total. The summed E-state index contributed by atoms with van der Waals surface area (Å²) in [4.78, 5) is 22.1. The van der Waals surface area contributed by atoms with Gasteiger partial charge in [-0.05, 0) is 24.3 Å². The van der Waals surface area contributed by atoms with E-state index in [0.717, 1.165) is 11.3 Å². The third-order valence-corrected chi connectivity index (χ3v) is 6.82. The van der Waals surface area contributed by atoms with E-state index in [1.807, 2.05) is 0 Å². The molecule has 0 aliphatic carbocycles. The molecule has 0 aromatic carbocycles. The third-order valence-electron chi connectivity index (χ3n) is 3.46. The van der Waals surface area contributed by atoms with E-state index in [-0.39, 0.29) is 33.3 Å². The van der Waals surface area contributed by atoms with Crippen LogP contribution in [0.1, 0.15) is 5.01 Å². The maximum atomic E-state index is 14.2. The smallest absolute Gasteiger partial charge is 0.404 e. The predicted octanol–water partition coefficient (Wildman–Crippen LogP) is 2.38. The summed E-state index contributed by atoms with van der Waals surface area (Å²) in [5, 5.41) is 11.2. The number of carboxylic acid groups (broad SMARTS) is 1. The first-order valence-corrected chi connectivity index (χ1v) is 9.92. The zero-order valence-electron chi connectivity index (χ0n) is 13.7. The van der Waals surface area contributed by atoms with Gasteiger partial charge < -0.3 is 10.4 Å². The highest BCUT2D eigenvalue weighted by molar-refractivity contribution is 7.93. The lowest BCUT2D eigenvalue weighted by atomic mass is 10.2. The average Bonchev–Trinajstić information content (AvgIpc) is 3.07. The molecule has 0 saturated carbocycles. The Hall–Kier alpha value is -2.92. The highest BCUT2D eigenvalue weighted by Crippen LogP contribution is 2.36. The number of aromatic nitrogens is 3. The van der Waals surface area contributed by atoms with Crippen LogP contribution in [0.25, 0.3) is 11.3 Å². The molecule has 0 unspecified atom stereocenters. The summed E-state index contributed by atoms with van der Waals surface area (Å²) in [6, 6.07) is 5.73. The number of pyridine rings is 2. The Morgan fingerprint density at radius 1 is 1.26 bits per heavy atom. The predicted molar refractivity (Wildman–Crippen MR) is 94.7 cm³/mol. The first-order chi connectivity index (χ1) is 12.9. The zero-order chi connectivity index (χ0) is 19.4. The average molecular weight is 408 g/mol. The maximum absolute atomic E-state index is 14.2. The van der Waals surface area contributed by atoms with Gasteiger partial charge in [-0.1, -0.05) is 0 Å².